The molecule has 0 atom stereocenters. The first-order chi connectivity index (χ1) is 9.68. The number of carbonyl (C=O) groups is 1. The first kappa shape index (κ1) is 19.6. The Hall–Kier alpha value is -0.440. The van der Waals surface area contributed by atoms with Gasteiger partial charge in [-0.1, -0.05) is 71.3 Å². The SMILES string of the molecule is C=C(CCSCCCCCCCCCCCC)C(=O)O. The highest BCUT2D eigenvalue weighted by Crippen LogP contribution is 2.13. The van der Waals surface area contributed by atoms with E-state index in [-0.39, 0.29) is 0 Å². The molecule has 0 rings (SSSR count). The Morgan fingerprint density at radius 1 is 0.900 bits per heavy atom. The van der Waals surface area contributed by atoms with E-state index in [1.165, 1.54) is 64.2 Å². The van der Waals surface area contributed by atoms with E-state index in [0.29, 0.717) is 12.0 Å². The number of hydrogen-bond donors (Lipinski definition) is 1. The summed E-state index contributed by atoms with van der Waals surface area (Å²) in [6.07, 6.45) is 14.3. The van der Waals surface area contributed by atoms with Gasteiger partial charge in [-0.15, -0.1) is 0 Å². The minimum absolute atomic E-state index is 0.334. The molecule has 0 aliphatic rings. The quantitative estimate of drug-likeness (QED) is 0.313. The van der Waals surface area contributed by atoms with Crippen LogP contribution in [-0.4, -0.2) is 22.6 Å². The maximum atomic E-state index is 10.5. The number of hydrogen-bond acceptors (Lipinski definition) is 2. The standard InChI is InChI=1S/C17H32O2S/c1-3-4-5-6-7-8-9-10-11-12-14-20-15-13-16(2)17(18)19/h2-15H2,1H3,(H,18,19). The minimum Gasteiger partial charge on any atom is -0.478 e. The molecule has 3 heteroatoms. The summed E-state index contributed by atoms with van der Waals surface area (Å²) in [6, 6.07) is 0. The van der Waals surface area contributed by atoms with Gasteiger partial charge >= 0.3 is 5.97 Å². The lowest BCUT2D eigenvalue weighted by Gasteiger charge is -2.03. The molecule has 0 aromatic rings. The molecule has 2 nitrogen and oxygen atoms in total. The van der Waals surface area contributed by atoms with Crippen molar-refractivity contribution in [2.24, 2.45) is 0 Å². The van der Waals surface area contributed by atoms with E-state index >= 15 is 0 Å². The smallest absolute Gasteiger partial charge is 0.330 e. The second-order valence-corrected chi connectivity index (χ2v) is 6.68. The van der Waals surface area contributed by atoms with Gasteiger partial charge in [-0.05, 0) is 24.3 Å². The molecule has 0 aromatic carbocycles. The summed E-state index contributed by atoms with van der Waals surface area (Å²) in [4.78, 5) is 10.5. The average Bonchev–Trinajstić information content (AvgIpc) is 2.43. The first-order valence-corrected chi connectivity index (χ1v) is 9.32. The molecule has 0 aliphatic heterocycles. The van der Waals surface area contributed by atoms with Gasteiger partial charge in [-0.25, -0.2) is 4.79 Å². The molecule has 118 valence electrons. The molecular formula is C17H32O2S. The third kappa shape index (κ3) is 14.0. The number of thioether (sulfide) groups is 1. The Bertz CT molecular complexity index is 251. The van der Waals surface area contributed by atoms with Crippen molar-refractivity contribution in [2.45, 2.75) is 77.6 Å². The van der Waals surface area contributed by atoms with Gasteiger partial charge in [0.1, 0.15) is 0 Å². The Morgan fingerprint density at radius 2 is 1.40 bits per heavy atom. The fourth-order valence-corrected chi connectivity index (χ4v) is 3.10. The van der Waals surface area contributed by atoms with Gasteiger partial charge in [0.05, 0.1) is 0 Å². The van der Waals surface area contributed by atoms with Crippen molar-refractivity contribution < 1.29 is 9.90 Å². The molecule has 0 aliphatic carbocycles. The van der Waals surface area contributed by atoms with Crippen LogP contribution in [0, 0.1) is 0 Å². The zero-order valence-electron chi connectivity index (χ0n) is 13.2. The molecule has 1 N–H and O–H groups in total. The normalized spacial score (nSPS) is 10.7. The van der Waals surface area contributed by atoms with Gasteiger partial charge in [0.15, 0.2) is 0 Å². The lowest BCUT2D eigenvalue weighted by Crippen LogP contribution is -2.00. The molecule has 0 fully saturated rings. The number of carboxylic acid groups (broad SMARTS) is 1. The van der Waals surface area contributed by atoms with Crippen molar-refractivity contribution in [3.05, 3.63) is 12.2 Å². The van der Waals surface area contributed by atoms with E-state index < -0.39 is 5.97 Å². The van der Waals surface area contributed by atoms with Gasteiger partial charge in [-0.3, -0.25) is 0 Å². The van der Waals surface area contributed by atoms with Gasteiger partial charge in [0.25, 0.3) is 0 Å². The van der Waals surface area contributed by atoms with E-state index in [0.717, 1.165) is 11.5 Å². The summed E-state index contributed by atoms with van der Waals surface area (Å²) in [6.45, 7) is 5.80. The van der Waals surface area contributed by atoms with E-state index in [9.17, 15) is 4.79 Å². The summed E-state index contributed by atoms with van der Waals surface area (Å²) in [5, 5.41) is 8.66. The zero-order chi connectivity index (χ0) is 15.1. The molecule has 0 heterocycles. The van der Waals surface area contributed by atoms with Crippen LogP contribution in [0.25, 0.3) is 0 Å². The van der Waals surface area contributed by atoms with E-state index in [1.807, 2.05) is 11.8 Å². The van der Waals surface area contributed by atoms with Crippen LogP contribution in [0.1, 0.15) is 77.6 Å². The van der Waals surface area contributed by atoms with Crippen LogP contribution in [0.2, 0.25) is 0 Å². The van der Waals surface area contributed by atoms with Gasteiger partial charge in [-0.2, -0.15) is 11.8 Å². The molecule has 0 unspecified atom stereocenters. The summed E-state index contributed by atoms with van der Waals surface area (Å²) in [7, 11) is 0. The van der Waals surface area contributed by atoms with Crippen LogP contribution < -0.4 is 0 Å². The maximum absolute atomic E-state index is 10.5. The minimum atomic E-state index is -0.857. The van der Waals surface area contributed by atoms with Crippen LogP contribution in [0.4, 0.5) is 0 Å². The summed E-state index contributed by atoms with van der Waals surface area (Å²) in [5.41, 5.74) is 0.334. The fraction of sp³-hybridized carbons (Fsp3) is 0.824. The second kappa shape index (κ2) is 15.0. The lowest BCUT2D eigenvalue weighted by molar-refractivity contribution is -0.132. The summed E-state index contributed by atoms with van der Waals surface area (Å²) < 4.78 is 0. The highest BCUT2D eigenvalue weighted by atomic mass is 32.2. The lowest BCUT2D eigenvalue weighted by atomic mass is 10.1. The predicted molar refractivity (Wildman–Crippen MR) is 90.6 cm³/mol. The molecule has 0 spiro atoms. The summed E-state index contributed by atoms with van der Waals surface area (Å²) in [5.74, 6) is 1.19. The number of carboxylic acids is 1. The second-order valence-electron chi connectivity index (χ2n) is 5.45. The van der Waals surface area contributed by atoms with Crippen molar-refractivity contribution in [1.82, 2.24) is 0 Å². The molecule has 0 bridgehead atoms. The highest BCUT2D eigenvalue weighted by molar-refractivity contribution is 7.99. The van der Waals surface area contributed by atoms with Crippen LogP contribution >= 0.6 is 11.8 Å². The maximum Gasteiger partial charge on any atom is 0.330 e. The zero-order valence-corrected chi connectivity index (χ0v) is 14.0. The summed E-state index contributed by atoms with van der Waals surface area (Å²) >= 11 is 1.85. The van der Waals surface area contributed by atoms with E-state index in [1.54, 1.807) is 0 Å². The van der Waals surface area contributed by atoms with E-state index in [4.69, 9.17) is 5.11 Å². The Labute approximate surface area is 129 Å². The average molecular weight is 301 g/mol. The first-order valence-electron chi connectivity index (χ1n) is 8.17. The number of unbranched alkanes of at least 4 members (excludes halogenated alkanes) is 9. The topological polar surface area (TPSA) is 37.3 Å². The molecule has 0 amide bonds. The fourth-order valence-electron chi connectivity index (χ4n) is 2.10. The third-order valence-electron chi connectivity index (χ3n) is 3.49. The number of rotatable bonds is 15. The largest absolute Gasteiger partial charge is 0.478 e. The van der Waals surface area contributed by atoms with Crippen molar-refractivity contribution in [3.8, 4) is 0 Å². The number of aliphatic carboxylic acids is 1. The van der Waals surface area contributed by atoms with Gasteiger partial charge in [0, 0.05) is 5.57 Å². The van der Waals surface area contributed by atoms with Crippen molar-refractivity contribution in [2.75, 3.05) is 11.5 Å². The monoisotopic (exact) mass is 300 g/mol. The molecule has 0 aromatic heterocycles. The molecule has 0 saturated carbocycles. The van der Waals surface area contributed by atoms with Crippen molar-refractivity contribution in [1.29, 1.82) is 0 Å². The predicted octanol–water partition coefficient (Wildman–Crippen LogP) is 5.67. The Kier molecular flexibility index (Phi) is 14.6. The van der Waals surface area contributed by atoms with Crippen LogP contribution in [0.5, 0.6) is 0 Å². The van der Waals surface area contributed by atoms with E-state index in [2.05, 4.69) is 13.5 Å². The van der Waals surface area contributed by atoms with Crippen molar-refractivity contribution >= 4 is 17.7 Å². The Balaban J connectivity index is 3.06. The Morgan fingerprint density at radius 3 is 1.90 bits per heavy atom. The van der Waals surface area contributed by atoms with Crippen LogP contribution in [0.15, 0.2) is 12.2 Å². The highest BCUT2D eigenvalue weighted by Gasteiger charge is 2.02. The van der Waals surface area contributed by atoms with Crippen LogP contribution in [-0.2, 0) is 4.79 Å². The third-order valence-corrected chi connectivity index (χ3v) is 4.56. The van der Waals surface area contributed by atoms with Crippen molar-refractivity contribution in [3.63, 3.8) is 0 Å². The molecule has 0 saturated heterocycles. The molecule has 0 radical (unpaired) electrons. The molecule has 20 heavy (non-hydrogen) atoms. The molecular weight excluding hydrogens is 268 g/mol. The van der Waals surface area contributed by atoms with Crippen LogP contribution in [0.3, 0.4) is 0 Å². The van der Waals surface area contributed by atoms with Gasteiger partial charge < -0.3 is 5.11 Å². The van der Waals surface area contributed by atoms with Gasteiger partial charge in [0.2, 0.25) is 0 Å².